The molecule has 1 nitrogen and oxygen atoms in total. The van der Waals surface area contributed by atoms with E-state index in [0.29, 0.717) is 10.6 Å². The average Bonchev–Trinajstić information content (AvgIpc) is 2.14. The molecular weight excluding hydrogens is 213 g/mol. The maximum atomic E-state index is 11.9. The van der Waals surface area contributed by atoms with E-state index in [1.54, 1.807) is 24.3 Å². The Hall–Kier alpha value is -0.840. The van der Waals surface area contributed by atoms with Gasteiger partial charge in [-0.05, 0) is 12.1 Å². The first-order chi connectivity index (χ1) is 6.53. The molecule has 0 atom stereocenters. The highest BCUT2D eigenvalue weighted by atomic mass is 32.2. The molecule has 14 heavy (non-hydrogen) atoms. The Labute approximate surface area is 84.3 Å². The lowest BCUT2D eigenvalue weighted by Crippen LogP contribution is -2.10. The maximum absolute atomic E-state index is 11.9. The molecule has 0 unspecified atom stereocenters. The number of alkyl halides is 3. The Morgan fingerprint density at radius 2 is 1.93 bits per heavy atom. The van der Waals surface area contributed by atoms with Crippen molar-refractivity contribution in [3.63, 3.8) is 0 Å². The third-order valence-corrected chi connectivity index (χ3v) is 2.58. The van der Waals surface area contributed by atoms with E-state index < -0.39 is 11.9 Å². The Kier molecular flexibility index (Phi) is 3.69. The molecule has 0 fully saturated rings. The van der Waals surface area contributed by atoms with E-state index in [9.17, 15) is 13.2 Å². The van der Waals surface area contributed by atoms with E-state index >= 15 is 0 Å². The highest BCUT2D eigenvalue weighted by Crippen LogP contribution is 2.32. The summed E-state index contributed by atoms with van der Waals surface area (Å²) in [6.07, 6.45) is -4.15. The smallest absolute Gasteiger partial charge is 0.398 e. The second-order valence-corrected chi connectivity index (χ2v) is 3.57. The van der Waals surface area contributed by atoms with Gasteiger partial charge in [0.2, 0.25) is 0 Å². The minimum Gasteiger partial charge on any atom is -0.496 e. The molecule has 0 radical (unpaired) electrons. The van der Waals surface area contributed by atoms with Crippen LogP contribution in [-0.2, 0) is 0 Å². The summed E-state index contributed by atoms with van der Waals surface area (Å²) in [5, 5.41) is 0. The zero-order valence-electron chi connectivity index (χ0n) is 7.47. The predicted octanol–water partition coefficient (Wildman–Crippen LogP) is 3.35. The molecule has 1 rings (SSSR count). The van der Waals surface area contributed by atoms with E-state index in [1.807, 2.05) is 0 Å². The molecule has 0 heterocycles. The van der Waals surface area contributed by atoms with Crippen molar-refractivity contribution in [2.75, 3.05) is 12.9 Å². The van der Waals surface area contributed by atoms with E-state index in [1.165, 1.54) is 7.11 Å². The summed E-state index contributed by atoms with van der Waals surface area (Å²) in [6.45, 7) is 0. The summed E-state index contributed by atoms with van der Waals surface area (Å²) in [4.78, 5) is 0.507. The van der Waals surface area contributed by atoms with Gasteiger partial charge < -0.3 is 4.74 Å². The summed E-state index contributed by atoms with van der Waals surface area (Å²) in [5.74, 6) is -0.422. The topological polar surface area (TPSA) is 9.23 Å². The second kappa shape index (κ2) is 4.59. The first-order valence-electron chi connectivity index (χ1n) is 3.85. The van der Waals surface area contributed by atoms with Crippen LogP contribution in [0.25, 0.3) is 0 Å². The van der Waals surface area contributed by atoms with Crippen LogP contribution in [-0.4, -0.2) is 19.0 Å². The monoisotopic (exact) mass is 222 g/mol. The molecule has 0 amide bonds. The first-order valence-corrected chi connectivity index (χ1v) is 4.84. The molecule has 0 bridgehead atoms. The minimum absolute atomic E-state index is 0.474. The maximum Gasteiger partial charge on any atom is 0.398 e. The van der Waals surface area contributed by atoms with Crippen LogP contribution in [0.15, 0.2) is 29.2 Å². The van der Waals surface area contributed by atoms with Gasteiger partial charge >= 0.3 is 6.18 Å². The van der Waals surface area contributed by atoms with Crippen LogP contribution in [0.1, 0.15) is 0 Å². The largest absolute Gasteiger partial charge is 0.496 e. The van der Waals surface area contributed by atoms with E-state index in [0.717, 1.165) is 11.8 Å². The standard InChI is InChI=1S/C9H9F3OS/c1-13-7-4-2-3-5-8(7)14-6-9(10,11)12/h2-5H,6H2,1H3. The van der Waals surface area contributed by atoms with Gasteiger partial charge in [0.1, 0.15) is 5.75 Å². The van der Waals surface area contributed by atoms with Crippen LogP contribution >= 0.6 is 11.8 Å². The SMILES string of the molecule is COc1ccccc1SCC(F)(F)F. The quantitative estimate of drug-likeness (QED) is 0.725. The van der Waals surface area contributed by atoms with Crippen LogP contribution in [0, 0.1) is 0 Å². The molecular formula is C9H9F3OS. The fourth-order valence-corrected chi connectivity index (χ4v) is 1.69. The summed E-state index contributed by atoms with van der Waals surface area (Å²) in [5.41, 5.74) is 0. The number of hydrogen-bond donors (Lipinski definition) is 0. The summed E-state index contributed by atoms with van der Waals surface area (Å²) in [6, 6.07) is 6.64. The Bertz CT molecular complexity index is 298. The van der Waals surface area contributed by atoms with Gasteiger partial charge in [-0.25, -0.2) is 0 Å². The van der Waals surface area contributed by atoms with Crippen molar-refractivity contribution in [1.82, 2.24) is 0 Å². The number of ether oxygens (including phenoxy) is 1. The molecule has 1 aromatic rings. The van der Waals surface area contributed by atoms with Crippen LogP contribution in [0.2, 0.25) is 0 Å². The summed E-state index contributed by atoms with van der Waals surface area (Å²) < 4.78 is 40.7. The summed E-state index contributed by atoms with van der Waals surface area (Å²) in [7, 11) is 1.44. The molecule has 0 spiro atoms. The van der Waals surface area contributed by atoms with Crippen molar-refractivity contribution in [3.8, 4) is 5.75 Å². The molecule has 5 heteroatoms. The lowest BCUT2D eigenvalue weighted by molar-refractivity contribution is -0.105. The van der Waals surface area contributed by atoms with Crippen molar-refractivity contribution < 1.29 is 17.9 Å². The highest BCUT2D eigenvalue weighted by Gasteiger charge is 2.27. The number of thioether (sulfide) groups is 1. The molecule has 0 aliphatic rings. The molecule has 0 N–H and O–H groups in total. The number of rotatable bonds is 3. The lowest BCUT2D eigenvalue weighted by Gasteiger charge is -2.09. The number of methoxy groups -OCH3 is 1. The molecule has 0 saturated carbocycles. The molecule has 78 valence electrons. The normalized spacial score (nSPS) is 11.4. The van der Waals surface area contributed by atoms with Gasteiger partial charge in [-0.2, -0.15) is 13.2 Å². The predicted molar refractivity (Wildman–Crippen MR) is 49.8 cm³/mol. The van der Waals surface area contributed by atoms with E-state index in [2.05, 4.69) is 0 Å². The van der Waals surface area contributed by atoms with Crippen molar-refractivity contribution in [2.24, 2.45) is 0 Å². The molecule has 0 saturated heterocycles. The average molecular weight is 222 g/mol. The number of hydrogen-bond acceptors (Lipinski definition) is 2. The van der Waals surface area contributed by atoms with Crippen LogP contribution in [0.5, 0.6) is 5.75 Å². The Balaban J connectivity index is 2.67. The van der Waals surface area contributed by atoms with Crippen molar-refractivity contribution in [1.29, 1.82) is 0 Å². The Morgan fingerprint density at radius 3 is 2.50 bits per heavy atom. The molecule has 1 aromatic carbocycles. The number of benzene rings is 1. The fourth-order valence-electron chi connectivity index (χ4n) is 0.898. The number of halogens is 3. The van der Waals surface area contributed by atoms with Crippen molar-refractivity contribution in [2.45, 2.75) is 11.1 Å². The minimum atomic E-state index is -4.15. The van der Waals surface area contributed by atoms with Crippen molar-refractivity contribution in [3.05, 3.63) is 24.3 Å². The van der Waals surface area contributed by atoms with Gasteiger partial charge in [0.15, 0.2) is 0 Å². The number of para-hydroxylation sites is 1. The zero-order valence-corrected chi connectivity index (χ0v) is 8.28. The molecule has 0 aliphatic heterocycles. The van der Waals surface area contributed by atoms with Gasteiger partial charge in [0.25, 0.3) is 0 Å². The van der Waals surface area contributed by atoms with Crippen LogP contribution in [0.4, 0.5) is 13.2 Å². The fraction of sp³-hybridized carbons (Fsp3) is 0.333. The third kappa shape index (κ3) is 3.49. The highest BCUT2D eigenvalue weighted by molar-refractivity contribution is 7.99. The lowest BCUT2D eigenvalue weighted by atomic mass is 10.3. The van der Waals surface area contributed by atoms with E-state index in [4.69, 9.17) is 4.74 Å². The van der Waals surface area contributed by atoms with Gasteiger partial charge in [0, 0.05) is 4.90 Å². The first kappa shape index (κ1) is 11.2. The van der Waals surface area contributed by atoms with Gasteiger partial charge in [-0.1, -0.05) is 12.1 Å². The van der Waals surface area contributed by atoms with Crippen LogP contribution < -0.4 is 4.74 Å². The van der Waals surface area contributed by atoms with E-state index in [-0.39, 0.29) is 0 Å². The van der Waals surface area contributed by atoms with Gasteiger partial charge in [-0.15, -0.1) is 11.8 Å². The third-order valence-electron chi connectivity index (χ3n) is 1.46. The molecule has 0 aromatic heterocycles. The van der Waals surface area contributed by atoms with Crippen LogP contribution in [0.3, 0.4) is 0 Å². The second-order valence-electron chi connectivity index (χ2n) is 2.55. The van der Waals surface area contributed by atoms with Crippen molar-refractivity contribution >= 4 is 11.8 Å². The summed E-state index contributed by atoms with van der Waals surface area (Å²) >= 11 is 0.729. The van der Waals surface area contributed by atoms with Gasteiger partial charge in [0.05, 0.1) is 12.9 Å². The molecule has 0 aliphatic carbocycles. The zero-order chi connectivity index (χ0) is 10.6. The van der Waals surface area contributed by atoms with Gasteiger partial charge in [-0.3, -0.25) is 0 Å². The Morgan fingerprint density at radius 1 is 1.29 bits per heavy atom.